The molecular weight excluding hydrogens is 818 g/mol. The lowest BCUT2D eigenvalue weighted by Gasteiger charge is -2.17. The molecule has 0 saturated carbocycles. The van der Waals surface area contributed by atoms with Crippen molar-refractivity contribution in [2.45, 2.75) is 0 Å². The molecule has 2 aromatic heterocycles. The molecule has 0 aliphatic carbocycles. The second-order valence-electron chi connectivity index (χ2n) is 14.4. The molecule has 0 spiro atoms. The Hall–Kier alpha value is -8.21. The Morgan fingerprint density at radius 3 is 1.89 bits per heavy atom. The first-order valence-electron chi connectivity index (χ1n) is 20.3. The number of methoxy groups -OCH3 is 2. The van der Waals surface area contributed by atoms with Gasteiger partial charge in [0.2, 0.25) is 11.2 Å². The van der Waals surface area contributed by atoms with Gasteiger partial charge in [0.25, 0.3) is 0 Å². The largest absolute Gasteiger partial charge is 0.495 e. The molecule has 314 valence electrons. The highest BCUT2D eigenvalue weighted by Gasteiger charge is 2.14. The molecule has 0 fully saturated rings. The van der Waals surface area contributed by atoms with Crippen molar-refractivity contribution >= 4 is 56.9 Å². The highest BCUT2D eigenvalue weighted by Crippen LogP contribution is 2.36. The van der Waals surface area contributed by atoms with E-state index in [0.29, 0.717) is 18.1 Å². The number of nitrogens with one attached hydrogen (secondary N) is 2. The molecule has 0 unspecified atom stereocenters. The average molecular weight is 860 g/mol. The van der Waals surface area contributed by atoms with E-state index >= 15 is 0 Å². The van der Waals surface area contributed by atoms with Gasteiger partial charge in [0.15, 0.2) is 0 Å². The number of aromatic nitrogens is 4. The number of carbonyl (C=O) groups is 1. The third kappa shape index (κ3) is 9.94. The summed E-state index contributed by atoms with van der Waals surface area (Å²) >= 11 is 5.83. The fraction of sp³-hybridized carbons (Fsp3) is 0.0566. The minimum atomic E-state index is -0.239. The van der Waals surface area contributed by atoms with Gasteiger partial charge in [-0.2, -0.15) is 0 Å². The van der Waals surface area contributed by atoms with Gasteiger partial charge in [0.05, 0.1) is 25.4 Å². The van der Waals surface area contributed by atoms with E-state index in [1.54, 1.807) is 26.7 Å². The van der Waals surface area contributed by atoms with Crippen molar-refractivity contribution in [2.75, 3.05) is 31.5 Å². The Bertz CT molecular complexity index is 3110. The Balaban J connectivity index is 0.000000135. The van der Waals surface area contributed by atoms with Crippen LogP contribution >= 0.6 is 11.6 Å². The van der Waals surface area contributed by atoms with E-state index in [-0.39, 0.29) is 11.2 Å². The molecule has 7 aromatic carbocycles. The minimum absolute atomic E-state index is 0.221. The third-order valence-corrected chi connectivity index (χ3v) is 10.5. The van der Waals surface area contributed by atoms with Gasteiger partial charge in [-0.15, -0.1) is 0 Å². The molecule has 0 atom stereocenters. The number of nitrogens with zero attached hydrogens (tertiary/aromatic N) is 5. The van der Waals surface area contributed by atoms with Crippen LogP contribution in [0.25, 0.3) is 66.3 Å². The zero-order chi connectivity index (χ0) is 44.3. The van der Waals surface area contributed by atoms with Gasteiger partial charge in [-0.05, 0) is 105 Å². The van der Waals surface area contributed by atoms with Crippen LogP contribution in [-0.2, 0) is 4.79 Å². The Morgan fingerprint density at radius 2 is 1.25 bits per heavy atom. The summed E-state index contributed by atoms with van der Waals surface area (Å²) in [5.74, 6) is 1.32. The molecule has 64 heavy (non-hydrogen) atoms. The quantitative estimate of drug-likeness (QED) is 0.114. The van der Waals surface area contributed by atoms with E-state index in [9.17, 15) is 4.79 Å². The van der Waals surface area contributed by atoms with Crippen molar-refractivity contribution in [3.8, 4) is 56.0 Å². The molecule has 0 saturated heterocycles. The van der Waals surface area contributed by atoms with E-state index in [2.05, 4.69) is 103 Å². The van der Waals surface area contributed by atoms with E-state index < -0.39 is 0 Å². The third-order valence-electron chi connectivity index (χ3n) is 10.3. The molecule has 3 heterocycles. The van der Waals surface area contributed by atoms with Gasteiger partial charge in [-0.1, -0.05) is 110 Å². The van der Waals surface area contributed by atoms with Crippen LogP contribution in [0, 0.1) is 0 Å². The van der Waals surface area contributed by atoms with Gasteiger partial charge < -0.3 is 20.1 Å². The van der Waals surface area contributed by atoms with E-state index in [1.807, 2.05) is 103 Å². The number of carbonyl (C=O) groups excluding carboxylic acids is 1. The highest BCUT2D eigenvalue weighted by molar-refractivity contribution is 6.28. The van der Waals surface area contributed by atoms with Gasteiger partial charge in [0, 0.05) is 46.2 Å². The number of aliphatic imine (C=N–C) groups is 1. The first kappa shape index (κ1) is 42.5. The number of benzene rings is 7. The van der Waals surface area contributed by atoms with Crippen LogP contribution in [0.15, 0.2) is 188 Å². The summed E-state index contributed by atoms with van der Waals surface area (Å²) in [6.07, 6.45) is 8.23. The number of hydrogen-bond acceptors (Lipinski definition) is 9. The van der Waals surface area contributed by atoms with Crippen molar-refractivity contribution < 1.29 is 14.3 Å². The van der Waals surface area contributed by atoms with Crippen LogP contribution in [0.5, 0.6) is 11.5 Å². The maximum Gasteiger partial charge on any atom is 0.247 e. The molecule has 2 N–H and O–H groups in total. The molecule has 9 aromatic rings. The second kappa shape index (κ2) is 20.1. The molecule has 0 bridgehead atoms. The maximum atomic E-state index is 11.6. The van der Waals surface area contributed by atoms with Gasteiger partial charge in [-0.25, -0.2) is 19.9 Å². The summed E-state index contributed by atoms with van der Waals surface area (Å²) in [4.78, 5) is 32.8. The lowest BCUT2D eigenvalue weighted by atomic mass is 9.96. The summed E-state index contributed by atoms with van der Waals surface area (Å²) in [6.45, 7) is 4.10. The lowest BCUT2D eigenvalue weighted by molar-refractivity contribution is -0.111. The molecule has 1 amide bonds. The first-order valence-corrected chi connectivity index (χ1v) is 20.7. The van der Waals surface area contributed by atoms with Crippen molar-refractivity contribution in [1.29, 1.82) is 0 Å². The number of fused-ring (bicyclic) bond motifs is 3. The average Bonchev–Trinajstić information content (AvgIpc) is 3.36. The number of halogens is 1. The predicted octanol–water partition coefficient (Wildman–Crippen LogP) is 12.2. The van der Waals surface area contributed by atoms with Crippen LogP contribution in [0.2, 0.25) is 5.28 Å². The lowest BCUT2D eigenvalue weighted by Crippen LogP contribution is -2.09. The SMILES string of the molecule is C=CC(=O)Nc1cccc(-c2cc(-c3ccccc3)cc3cncnc23)c1.COc1cc(-c2ccccc2)cc2c1NCN=C2.COc1cc(-c2ccccc2)cc2cnc(Cl)nc12. The number of rotatable bonds is 8. The van der Waals surface area contributed by atoms with Crippen LogP contribution in [-0.4, -0.2) is 52.9 Å². The standard InChI is InChI=1S/C23H17N3O.C15H11ClN2O.C15H14N2O/c1-2-22(27)26-20-10-6-9-17(12-20)21-13-18(16-7-4-3-5-8-16)11-19-14-24-15-25-23(19)21;1-19-13-8-11(10-5-3-2-4-6-10)7-12-9-17-15(16)18-14(12)13;1-18-14-8-12(11-5-3-2-4-6-11)7-13-9-16-10-17-15(13)14/h2-15H,1H2,(H,26,27);2-9H,1H3;2-9,17H,10H2,1H3. The van der Waals surface area contributed by atoms with E-state index in [1.165, 1.54) is 11.6 Å². The molecule has 10 nitrogen and oxygen atoms in total. The van der Waals surface area contributed by atoms with Crippen molar-refractivity contribution in [3.05, 3.63) is 194 Å². The zero-order valence-corrected chi connectivity index (χ0v) is 35.8. The Morgan fingerprint density at radius 1 is 0.656 bits per heavy atom. The van der Waals surface area contributed by atoms with E-state index in [0.717, 1.165) is 77.8 Å². The van der Waals surface area contributed by atoms with Crippen LogP contribution in [0.1, 0.15) is 5.56 Å². The fourth-order valence-corrected chi connectivity index (χ4v) is 7.41. The second-order valence-corrected chi connectivity index (χ2v) is 14.7. The van der Waals surface area contributed by atoms with Gasteiger partial charge in [0.1, 0.15) is 30.0 Å². The van der Waals surface area contributed by atoms with Crippen LogP contribution in [0.4, 0.5) is 11.4 Å². The highest BCUT2D eigenvalue weighted by atomic mass is 35.5. The number of anilines is 2. The van der Waals surface area contributed by atoms with Gasteiger partial charge >= 0.3 is 0 Å². The monoisotopic (exact) mass is 859 g/mol. The summed E-state index contributed by atoms with van der Waals surface area (Å²) in [5, 5.41) is 8.14. The minimum Gasteiger partial charge on any atom is -0.495 e. The zero-order valence-electron chi connectivity index (χ0n) is 35.1. The molecule has 0 radical (unpaired) electrons. The maximum absolute atomic E-state index is 11.6. The van der Waals surface area contributed by atoms with Crippen molar-refractivity contribution in [3.63, 3.8) is 0 Å². The molecule has 10 rings (SSSR count). The molecular formula is C53H42ClN7O3. The normalized spacial score (nSPS) is 11.2. The molecule has 11 heteroatoms. The molecule has 1 aliphatic rings. The van der Waals surface area contributed by atoms with Gasteiger partial charge in [-0.3, -0.25) is 9.79 Å². The summed E-state index contributed by atoms with van der Waals surface area (Å²) in [5.41, 5.74) is 13.1. The van der Waals surface area contributed by atoms with Crippen LogP contribution in [0.3, 0.4) is 0 Å². The number of hydrogen-bond donors (Lipinski definition) is 2. The first-order chi connectivity index (χ1) is 31.4. The number of amides is 1. The van der Waals surface area contributed by atoms with Crippen molar-refractivity contribution in [1.82, 2.24) is 19.9 Å². The Kier molecular flexibility index (Phi) is 13.3. The molecule has 1 aliphatic heterocycles. The van der Waals surface area contributed by atoms with Crippen molar-refractivity contribution in [2.24, 2.45) is 4.99 Å². The predicted molar refractivity (Wildman–Crippen MR) is 260 cm³/mol. The summed E-state index contributed by atoms with van der Waals surface area (Å²) in [7, 11) is 3.32. The number of ether oxygens (including phenoxy) is 2. The van der Waals surface area contributed by atoms with E-state index in [4.69, 9.17) is 21.1 Å². The fourth-order valence-electron chi connectivity index (χ4n) is 7.28. The Labute approximate surface area is 376 Å². The summed E-state index contributed by atoms with van der Waals surface area (Å²) in [6, 6.07) is 50.7. The summed E-state index contributed by atoms with van der Waals surface area (Å²) < 4.78 is 10.8. The smallest absolute Gasteiger partial charge is 0.247 e. The van der Waals surface area contributed by atoms with Crippen LogP contribution < -0.4 is 20.1 Å². The topological polar surface area (TPSA) is 124 Å².